The lowest BCUT2D eigenvalue weighted by Crippen LogP contribution is -2.14. The molecule has 1 aromatic rings. The van der Waals surface area contributed by atoms with Crippen LogP contribution in [-0.2, 0) is 4.74 Å². The van der Waals surface area contributed by atoms with Crippen LogP contribution in [0.2, 0.25) is 0 Å². The van der Waals surface area contributed by atoms with Gasteiger partial charge in [-0.1, -0.05) is 0 Å². The smallest absolute Gasteiger partial charge is 0.137 e. The van der Waals surface area contributed by atoms with Crippen molar-refractivity contribution < 1.29 is 13.9 Å². The van der Waals surface area contributed by atoms with Gasteiger partial charge in [-0.2, -0.15) is 0 Å². The van der Waals surface area contributed by atoms with Crippen LogP contribution < -0.4 is 4.74 Å². The molecule has 4 heteroatoms. The second-order valence-corrected chi connectivity index (χ2v) is 4.14. The summed E-state index contributed by atoms with van der Waals surface area (Å²) in [4.78, 5) is 0. The van der Waals surface area contributed by atoms with Gasteiger partial charge in [-0.05, 0) is 41.1 Å². The molecule has 1 rings (SSSR count). The molecule has 0 saturated carbocycles. The molecule has 0 aliphatic heterocycles. The number of methoxy groups -OCH3 is 1. The third-order valence-corrected chi connectivity index (χ3v) is 2.56. The van der Waals surface area contributed by atoms with E-state index in [0.29, 0.717) is 16.8 Å². The highest BCUT2D eigenvalue weighted by Gasteiger charge is 2.06. The van der Waals surface area contributed by atoms with Gasteiger partial charge in [0.25, 0.3) is 0 Å². The van der Waals surface area contributed by atoms with Crippen molar-refractivity contribution in [1.82, 2.24) is 0 Å². The number of hydrogen-bond acceptors (Lipinski definition) is 2. The highest BCUT2D eigenvalue weighted by atomic mass is 79.9. The van der Waals surface area contributed by atoms with E-state index in [1.165, 1.54) is 6.07 Å². The van der Waals surface area contributed by atoms with Gasteiger partial charge in [0.15, 0.2) is 0 Å². The first kappa shape index (κ1) is 12.5. The van der Waals surface area contributed by atoms with Crippen molar-refractivity contribution in [2.75, 3.05) is 13.7 Å². The quantitative estimate of drug-likeness (QED) is 0.821. The van der Waals surface area contributed by atoms with Crippen LogP contribution in [-0.4, -0.2) is 19.8 Å². The van der Waals surface area contributed by atoms with Crippen LogP contribution >= 0.6 is 15.9 Å². The van der Waals surface area contributed by atoms with Gasteiger partial charge < -0.3 is 9.47 Å². The van der Waals surface area contributed by atoms with Gasteiger partial charge in [0.2, 0.25) is 0 Å². The fraction of sp³-hybridized carbons (Fsp3) is 0.455. The highest BCUT2D eigenvalue weighted by Crippen LogP contribution is 2.22. The molecule has 1 atom stereocenters. The molecule has 0 saturated heterocycles. The average molecular weight is 277 g/mol. The van der Waals surface area contributed by atoms with Crippen LogP contribution in [0.25, 0.3) is 0 Å². The van der Waals surface area contributed by atoms with Crippen molar-refractivity contribution in [2.24, 2.45) is 0 Å². The Kier molecular flexibility index (Phi) is 5.05. The Hall–Kier alpha value is -0.610. The highest BCUT2D eigenvalue weighted by molar-refractivity contribution is 9.10. The molecule has 0 aromatic heterocycles. The summed E-state index contributed by atoms with van der Waals surface area (Å²) in [6.45, 7) is 2.61. The first-order valence-corrected chi connectivity index (χ1v) is 5.53. The summed E-state index contributed by atoms with van der Waals surface area (Å²) in [5, 5.41) is 0. The minimum atomic E-state index is -0.285. The molecule has 0 aliphatic rings. The second-order valence-electron chi connectivity index (χ2n) is 3.29. The van der Waals surface area contributed by atoms with Gasteiger partial charge >= 0.3 is 0 Å². The SMILES string of the molecule is COCCC(C)Oc1ccc(F)c(Br)c1. The van der Waals surface area contributed by atoms with E-state index >= 15 is 0 Å². The van der Waals surface area contributed by atoms with Gasteiger partial charge in [0.1, 0.15) is 11.6 Å². The molecule has 0 bridgehead atoms. The monoisotopic (exact) mass is 276 g/mol. The maximum absolute atomic E-state index is 12.9. The van der Waals surface area contributed by atoms with Gasteiger partial charge in [0, 0.05) is 20.1 Å². The molecule has 0 radical (unpaired) electrons. The van der Waals surface area contributed by atoms with E-state index in [0.717, 1.165) is 6.42 Å². The van der Waals surface area contributed by atoms with Crippen molar-refractivity contribution in [3.05, 3.63) is 28.5 Å². The largest absolute Gasteiger partial charge is 0.491 e. The van der Waals surface area contributed by atoms with Gasteiger partial charge in [-0.3, -0.25) is 0 Å². The Morgan fingerprint density at radius 2 is 2.20 bits per heavy atom. The molecule has 0 heterocycles. The van der Waals surface area contributed by atoms with E-state index in [1.54, 1.807) is 19.2 Å². The third kappa shape index (κ3) is 4.18. The number of ether oxygens (including phenoxy) is 2. The topological polar surface area (TPSA) is 18.5 Å². The van der Waals surface area contributed by atoms with E-state index in [9.17, 15) is 4.39 Å². The Bertz CT molecular complexity index is 317. The molecule has 84 valence electrons. The minimum Gasteiger partial charge on any atom is -0.491 e. The molecule has 0 aliphatic carbocycles. The van der Waals surface area contributed by atoms with Crippen molar-refractivity contribution in [3.8, 4) is 5.75 Å². The number of rotatable bonds is 5. The zero-order valence-corrected chi connectivity index (χ0v) is 10.4. The summed E-state index contributed by atoms with van der Waals surface area (Å²) >= 11 is 3.11. The first-order chi connectivity index (χ1) is 7.13. The predicted octanol–water partition coefficient (Wildman–Crippen LogP) is 3.39. The zero-order valence-electron chi connectivity index (χ0n) is 8.80. The molecule has 0 amide bonds. The van der Waals surface area contributed by atoms with Crippen molar-refractivity contribution in [2.45, 2.75) is 19.4 Å². The van der Waals surface area contributed by atoms with Gasteiger partial charge in [0.05, 0.1) is 10.6 Å². The maximum atomic E-state index is 12.9. The average Bonchev–Trinajstić information content (AvgIpc) is 2.20. The summed E-state index contributed by atoms with van der Waals surface area (Å²) in [5.41, 5.74) is 0. The summed E-state index contributed by atoms with van der Waals surface area (Å²) in [6, 6.07) is 4.62. The van der Waals surface area contributed by atoms with Crippen LogP contribution in [0.3, 0.4) is 0 Å². The molecule has 0 fully saturated rings. The van der Waals surface area contributed by atoms with E-state index in [1.807, 2.05) is 6.92 Å². The Balaban J connectivity index is 2.53. The second kappa shape index (κ2) is 6.08. The summed E-state index contributed by atoms with van der Waals surface area (Å²) in [6.07, 6.45) is 0.869. The Labute approximate surface area is 97.5 Å². The van der Waals surface area contributed by atoms with Crippen molar-refractivity contribution in [3.63, 3.8) is 0 Å². The fourth-order valence-corrected chi connectivity index (χ4v) is 1.48. The number of benzene rings is 1. The Morgan fingerprint density at radius 3 is 2.80 bits per heavy atom. The van der Waals surface area contributed by atoms with E-state index < -0.39 is 0 Å². The normalized spacial score (nSPS) is 12.5. The summed E-state index contributed by atoms with van der Waals surface area (Å²) in [7, 11) is 1.65. The number of hydrogen-bond donors (Lipinski definition) is 0. The molecule has 15 heavy (non-hydrogen) atoms. The van der Waals surface area contributed by atoms with Crippen LogP contribution in [0.1, 0.15) is 13.3 Å². The maximum Gasteiger partial charge on any atom is 0.137 e. The predicted molar refractivity (Wildman–Crippen MR) is 60.7 cm³/mol. The molecule has 1 aromatic carbocycles. The molecular formula is C11H14BrFO2. The van der Waals surface area contributed by atoms with Crippen LogP contribution in [0, 0.1) is 5.82 Å². The minimum absolute atomic E-state index is 0.0577. The van der Waals surface area contributed by atoms with E-state index in [4.69, 9.17) is 9.47 Å². The van der Waals surface area contributed by atoms with Crippen LogP contribution in [0.4, 0.5) is 4.39 Å². The lowest BCUT2D eigenvalue weighted by Gasteiger charge is -2.14. The first-order valence-electron chi connectivity index (χ1n) is 4.74. The number of halogens is 2. The molecule has 0 N–H and O–H groups in total. The zero-order chi connectivity index (χ0) is 11.3. The van der Waals surface area contributed by atoms with Gasteiger partial charge in [-0.15, -0.1) is 0 Å². The van der Waals surface area contributed by atoms with Crippen LogP contribution in [0.5, 0.6) is 5.75 Å². The standard InChI is InChI=1S/C11H14BrFO2/c1-8(5-6-14-2)15-9-3-4-11(13)10(12)7-9/h3-4,7-8H,5-6H2,1-2H3. The van der Waals surface area contributed by atoms with E-state index in [2.05, 4.69) is 15.9 Å². The molecule has 1 unspecified atom stereocenters. The van der Waals surface area contributed by atoms with Crippen molar-refractivity contribution in [1.29, 1.82) is 0 Å². The van der Waals surface area contributed by atoms with E-state index in [-0.39, 0.29) is 11.9 Å². The summed E-state index contributed by atoms with van der Waals surface area (Å²) < 4.78 is 23.9. The molecular weight excluding hydrogens is 263 g/mol. The van der Waals surface area contributed by atoms with Crippen LogP contribution in [0.15, 0.2) is 22.7 Å². The lowest BCUT2D eigenvalue weighted by atomic mass is 10.3. The summed E-state index contributed by atoms with van der Waals surface area (Å²) in [5.74, 6) is 0.374. The van der Waals surface area contributed by atoms with Crippen molar-refractivity contribution >= 4 is 15.9 Å². The molecule has 2 nitrogen and oxygen atoms in total. The molecule has 0 spiro atoms. The third-order valence-electron chi connectivity index (χ3n) is 1.96. The fourth-order valence-electron chi connectivity index (χ4n) is 1.13. The Morgan fingerprint density at radius 1 is 1.47 bits per heavy atom. The van der Waals surface area contributed by atoms with Gasteiger partial charge in [-0.25, -0.2) is 4.39 Å². The lowest BCUT2D eigenvalue weighted by molar-refractivity contribution is 0.135.